The Morgan fingerprint density at radius 3 is 2.93 bits per heavy atom. The van der Waals surface area contributed by atoms with Gasteiger partial charge in [0.25, 0.3) is 0 Å². The van der Waals surface area contributed by atoms with Gasteiger partial charge < -0.3 is 16.3 Å². The first-order chi connectivity index (χ1) is 13.9. The highest BCUT2D eigenvalue weighted by atomic mass is 32.2. The number of rotatable bonds is 7. The zero-order chi connectivity index (χ0) is 22.7. The number of aromatic nitrogens is 1. The van der Waals surface area contributed by atoms with Gasteiger partial charge in [-0.25, -0.2) is 8.42 Å². The standard InChI is InChI=1S/C17H23N4O6S/c1-12(17(18)24)7-8-15(23)19-13-5-4-9-20(11-14(13)22)28(26,27)16-6-2-3-10-21(16)25/h2-3,6,8,10,12-13H,4-5,7,9,11H2,1H3,(H2,18,24)(H,19,23)/t12?,13-/m1/s1/i11D,13D/t11-,12?,13+/m0. The van der Waals surface area contributed by atoms with Crippen LogP contribution in [-0.2, 0) is 24.4 Å². The Labute approximate surface area is 166 Å². The molecule has 1 aliphatic rings. The van der Waals surface area contributed by atoms with E-state index < -0.39 is 51.1 Å². The first kappa shape index (κ1) is 18.8. The smallest absolute Gasteiger partial charge is 0.323 e. The number of pyridine rings is 1. The SMILES string of the molecule is [2H][C@H]1C(=O)[C@]([2H])(NC(=O)[CH]CC(C)C(N)=O)CCCN1S(=O)(=O)c1cccc[n+]1[O-]. The lowest BCUT2D eigenvalue weighted by molar-refractivity contribution is -0.646. The number of sulfonamides is 1. The van der Waals surface area contributed by atoms with E-state index >= 15 is 0 Å². The summed E-state index contributed by atoms with van der Waals surface area (Å²) in [4.78, 5) is 35.9. The number of ketones is 1. The number of hydrogen-bond acceptors (Lipinski definition) is 6. The van der Waals surface area contributed by atoms with Gasteiger partial charge in [-0.15, -0.1) is 0 Å². The van der Waals surface area contributed by atoms with Crippen molar-refractivity contribution in [2.24, 2.45) is 11.7 Å². The Morgan fingerprint density at radius 2 is 2.29 bits per heavy atom. The summed E-state index contributed by atoms with van der Waals surface area (Å²) >= 11 is 0. The molecule has 153 valence electrons. The lowest BCUT2D eigenvalue weighted by Crippen LogP contribution is -2.46. The van der Waals surface area contributed by atoms with E-state index in [0.29, 0.717) is 4.31 Å². The van der Waals surface area contributed by atoms with Crippen LogP contribution in [-0.4, -0.2) is 49.4 Å². The molecule has 3 atom stereocenters. The van der Waals surface area contributed by atoms with Gasteiger partial charge in [-0.2, -0.15) is 9.04 Å². The second-order valence-electron chi connectivity index (χ2n) is 6.29. The summed E-state index contributed by atoms with van der Waals surface area (Å²) in [5.41, 5.74) is 5.12. The fourth-order valence-corrected chi connectivity index (χ4v) is 3.84. The maximum Gasteiger partial charge on any atom is 0.323 e. The normalized spacial score (nSPS) is 25.9. The largest absolute Gasteiger partial charge is 0.618 e. The number of hydrogen-bond donors (Lipinski definition) is 2. The molecule has 1 radical (unpaired) electrons. The average molecular weight is 413 g/mol. The summed E-state index contributed by atoms with van der Waals surface area (Å²) < 4.78 is 42.8. The maximum atomic E-state index is 12.8. The molecule has 2 heterocycles. The van der Waals surface area contributed by atoms with E-state index in [1.165, 1.54) is 19.1 Å². The molecule has 1 saturated heterocycles. The highest BCUT2D eigenvalue weighted by molar-refractivity contribution is 7.89. The Bertz CT molecular complexity index is 944. The van der Waals surface area contributed by atoms with Crippen LogP contribution in [0, 0.1) is 17.5 Å². The minimum absolute atomic E-state index is 0.00620. The van der Waals surface area contributed by atoms with E-state index in [1.54, 1.807) is 0 Å². The lowest BCUT2D eigenvalue weighted by Gasteiger charge is -2.19. The zero-order valence-electron chi connectivity index (χ0n) is 17.2. The number of amides is 2. The fourth-order valence-electron chi connectivity index (χ4n) is 2.45. The van der Waals surface area contributed by atoms with Crippen LogP contribution in [0.15, 0.2) is 29.4 Å². The summed E-state index contributed by atoms with van der Waals surface area (Å²) in [5.74, 6) is -3.21. The number of Topliss-reactive ketones (excluding diaryl/α,β-unsaturated/α-hetero) is 1. The first-order valence-electron chi connectivity index (χ1n) is 9.59. The average Bonchev–Trinajstić information content (AvgIpc) is 2.78. The Kier molecular flexibility index (Phi) is 6.12. The van der Waals surface area contributed by atoms with Gasteiger partial charge in [-0.05, 0) is 25.3 Å². The molecule has 2 amide bonds. The summed E-state index contributed by atoms with van der Waals surface area (Å²) in [6.07, 6.45) is 1.80. The Balaban J connectivity index is 2.20. The van der Waals surface area contributed by atoms with E-state index in [9.17, 15) is 28.0 Å². The van der Waals surface area contributed by atoms with Crippen molar-refractivity contribution < 1.29 is 30.3 Å². The van der Waals surface area contributed by atoms with Crippen molar-refractivity contribution >= 4 is 27.6 Å². The van der Waals surface area contributed by atoms with Crippen LogP contribution in [0.5, 0.6) is 0 Å². The van der Waals surface area contributed by atoms with Crippen LogP contribution in [0.25, 0.3) is 0 Å². The molecule has 0 aromatic carbocycles. The van der Waals surface area contributed by atoms with E-state index in [1.807, 2.05) is 0 Å². The monoisotopic (exact) mass is 413 g/mol. The van der Waals surface area contributed by atoms with Gasteiger partial charge in [-0.1, -0.05) is 6.92 Å². The number of nitrogens with one attached hydrogen (secondary N) is 1. The van der Waals surface area contributed by atoms with Crippen LogP contribution in [0.1, 0.15) is 28.9 Å². The molecule has 0 spiro atoms. The fraction of sp³-hybridized carbons (Fsp3) is 0.471. The molecular weight excluding hydrogens is 388 g/mol. The third-order valence-electron chi connectivity index (χ3n) is 4.14. The molecule has 1 unspecified atom stereocenters. The van der Waals surface area contributed by atoms with Gasteiger partial charge in [0.1, 0.15) is 0 Å². The lowest BCUT2D eigenvalue weighted by atomic mass is 10.0. The molecule has 28 heavy (non-hydrogen) atoms. The molecule has 11 heteroatoms. The minimum Gasteiger partial charge on any atom is -0.618 e. The van der Waals surface area contributed by atoms with Gasteiger partial charge in [0.2, 0.25) is 11.8 Å². The summed E-state index contributed by atoms with van der Waals surface area (Å²) in [6.45, 7) is -0.802. The van der Waals surface area contributed by atoms with Gasteiger partial charge in [-0.3, -0.25) is 14.4 Å². The van der Waals surface area contributed by atoms with Crippen LogP contribution in [0.4, 0.5) is 0 Å². The highest BCUT2D eigenvalue weighted by Crippen LogP contribution is 2.17. The van der Waals surface area contributed by atoms with Crippen molar-refractivity contribution in [3.05, 3.63) is 36.0 Å². The van der Waals surface area contributed by atoms with E-state index in [0.717, 1.165) is 18.7 Å². The van der Waals surface area contributed by atoms with E-state index in [4.69, 9.17) is 8.48 Å². The summed E-state index contributed by atoms with van der Waals surface area (Å²) in [6, 6.07) is 1.48. The second-order valence-corrected chi connectivity index (χ2v) is 8.13. The van der Waals surface area contributed by atoms with Crippen molar-refractivity contribution in [1.82, 2.24) is 9.62 Å². The van der Waals surface area contributed by atoms with Crippen LogP contribution >= 0.6 is 0 Å². The highest BCUT2D eigenvalue weighted by Gasteiger charge is 2.36. The van der Waals surface area contributed by atoms with Crippen molar-refractivity contribution in [2.75, 3.05) is 13.1 Å². The number of carbonyl (C=O) groups excluding carboxylic acids is 3. The van der Waals surface area contributed by atoms with Crippen LogP contribution in [0.2, 0.25) is 0 Å². The third kappa shape index (κ3) is 5.26. The quantitative estimate of drug-likeness (QED) is 0.426. The zero-order valence-corrected chi connectivity index (χ0v) is 16.0. The minimum atomic E-state index is -4.49. The molecule has 3 N–H and O–H groups in total. The number of carbonyl (C=O) groups is 3. The summed E-state index contributed by atoms with van der Waals surface area (Å²) in [5, 5.41) is 13.4. The number of primary amides is 1. The molecule has 1 aliphatic heterocycles. The van der Waals surface area contributed by atoms with Crippen molar-refractivity contribution in [3.63, 3.8) is 0 Å². The molecule has 10 nitrogen and oxygen atoms in total. The van der Waals surface area contributed by atoms with Crippen molar-refractivity contribution in [2.45, 2.75) is 37.2 Å². The van der Waals surface area contributed by atoms with Crippen molar-refractivity contribution in [1.29, 1.82) is 0 Å². The number of nitrogens with zero attached hydrogens (tertiary/aromatic N) is 2. The molecule has 0 bridgehead atoms. The molecular formula is C17H23N4O6S. The van der Waals surface area contributed by atoms with Gasteiger partial charge in [0, 0.05) is 24.6 Å². The molecule has 1 fully saturated rings. The van der Waals surface area contributed by atoms with E-state index in [2.05, 4.69) is 5.32 Å². The molecule has 1 aromatic heterocycles. The van der Waals surface area contributed by atoms with Gasteiger partial charge in [0.15, 0.2) is 12.0 Å². The van der Waals surface area contributed by atoms with Crippen molar-refractivity contribution in [3.8, 4) is 0 Å². The Morgan fingerprint density at radius 1 is 1.57 bits per heavy atom. The number of nitrogens with two attached hydrogens (primary N) is 1. The maximum absolute atomic E-state index is 12.8. The van der Waals surface area contributed by atoms with Crippen LogP contribution < -0.4 is 15.8 Å². The van der Waals surface area contributed by atoms with E-state index in [-0.39, 0.29) is 30.5 Å². The molecule has 1 aromatic rings. The van der Waals surface area contributed by atoms with Gasteiger partial charge >= 0.3 is 15.0 Å². The summed E-state index contributed by atoms with van der Waals surface area (Å²) in [7, 11) is -4.49. The molecule has 0 aliphatic carbocycles. The topological polar surface area (TPSA) is 154 Å². The molecule has 0 saturated carbocycles. The predicted molar refractivity (Wildman–Crippen MR) is 97.6 cm³/mol. The third-order valence-corrected chi connectivity index (χ3v) is 5.89. The van der Waals surface area contributed by atoms with Crippen LogP contribution in [0.3, 0.4) is 0 Å². The Hall–Kier alpha value is -2.53. The second kappa shape index (κ2) is 9.11. The first-order valence-corrected chi connectivity index (χ1v) is 9.95. The predicted octanol–water partition coefficient (Wildman–Crippen LogP) is -1.13. The molecule has 2 rings (SSSR count). The van der Waals surface area contributed by atoms with Gasteiger partial charge in [0.05, 0.1) is 21.7 Å².